The molecular weight excluding hydrogens is 383 g/mol. The number of benzene rings is 1. The van der Waals surface area contributed by atoms with Crippen molar-refractivity contribution in [2.45, 2.75) is 37.5 Å². The number of hydrogen-bond acceptors (Lipinski definition) is 4. The zero-order valence-electron chi connectivity index (χ0n) is 14.4. The molecule has 0 amide bonds. The molecule has 142 valence electrons. The average Bonchev–Trinajstić information content (AvgIpc) is 2.91. The lowest BCUT2D eigenvalue weighted by molar-refractivity contribution is 0.177. The fourth-order valence-corrected chi connectivity index (χ4v) is 5.14. The molecule has 2 N–H and O–H groups in total. The molecule has 1 saturated heterocycles. The van der Waals surface area contributed by atoms with Crippen LogP contribution in [0.1, 0.15) is 32.6 Å². The first-order valence-corrected chi connectivity index (χ1v) is 10.3. The largest absolute Gasteiger partial charge is 0.492 e. The molecule has 3 rings (SSSR count). The monoisotopic (exact) mass is 408 g/mol. The topological polar surface area (TPSA) is 72.6 Å². The van der Waals surface area contributed by atoms with Crippen molar-refractivity contribution in [1.82, 2.24) is 4.31 Å². The zero-order valence-corrected chi connectivity index (χ0v) is 16.8. The maximum Gasteiger partial charge on any atom is 0.246 e. The van der Waals surface area contributed by atoms with E-state index in [1.807, 2.05) is 6.92 Å². The van der Waals surface area contributed by atoms with Gasteiger partial charge >= 0.3 is 0 Å². The lowest BCUT2D eigenvalue weighted by atomic mass is 9.86. The molecule has 8 heteroatoms. The lowest BCUT2D eigenvalue weighted by Gasteiger charge is -2.26. The van der Waals surface area contributed by atoms with Gasteiger partial charge in [0.25, 0.3) is 0 Å². The molecule has 1 aliphatic heterocycles. The molecule has 1 aromatic carbocycles. The molecule has 1 saturated carbocycles. The third-order valence-electron chi connectivity index (χ3n) is 5.24. The highest BCUT2D eigenvalue weighted by molar-refractivity contribution is 7.89. The van der Waals surface area contributed by atoms with Gasteiger partial charge in [-0.05, 0) is 55.3 Å². The van der Waals surface area contributed by atoms with Gasteiger partial charge in [0.1, 0.15) is 10.6 Å². The summed E-state index contributed by atoms with van der Waals surface area (Å²) in [5.74, 6) is 0.927. The van der Waals surface area contributed by atoms with Crippen LogP contribution in [0, 0.1) is 11.3 Å². The molecule has 1 aromatic rings. The van der Waals surface area contributed by atoms with Crippen LogP contribution in [0.25, 0.3) is 0 Å². The third kappa shape index (κ3) is 4.42. The van der Waals surface area contributed by atoms with Crippen molar-refractivity contribution in [2.75, 3.05) is 26.2 Å². The molecule has 0 radical (unpaired) electrons. The van der Waals surface area contributed by atoms with E-state index in [2.05, 4.69) is 0 Å². The predicted molar refractivity (Wildman–Crippen MR) is 102 cm³/mol. The molecule has 0 bridgehead atoms. The zero-order chi connectivity index (χ0) is 17.4. The van der Waals surface area contributed by atoms with Gasteiger partial charge in [-0.2, -0.15) is 4.31 Å². The minimum Gasteiger partial charge on any atom is -0.492 e. The Bertz CT molecular complexity index is 710. The summed E-state index contributed by atoms with van der Waals surface area (Å²) in [5.41, 5.74) is 5.63. The van der Waals surface area contributed by atoms with E-state index in [1.54, 1.807) is 12.1 Å². The Hall–Kier alpha value is -0.530. The Morgan fingerprint density at radius 1 is 1.40 bits per heavy atom. The first kappa shape index (κ1) is 20.8. The van der Waals surface area contributed by atoms with E-state index in [1.165, 1.54) is 16.8 Å². The Morgan fingerprint density at radius 2 is 2.12 bits per heavy atom. The average molecular weight is 409 g/mol. The molecule has 0 spiro atoms. The van der Waals surface area contributed by atoms with Crippen molar-refractivity contribution < 1.29 is 13.2 Å². The summed E-state index contributed by atoms with van der Waals surface area (Å²) in [6, 6.07) is 4.82. The number of rotatable bonds is 6. The van der Waals surface area contributed by atoms with Gasteiger partial charge in [-0.1, -0.05) is 24.9 Å². The summed E-state index contributed by atoms with van der Waals surface area (Å²) in [6.45, 7) is 3.96. The smallest absolute Gasteiger partial charge is 0.246 e. The molecular formula is C17H26Cl2N2O3S. The SMILES string of the molecule is CC1(CN)CCN(S(=O)(=O)c2cc(Cl)ccc2OCC2CCC2)C1.Cl. The van der Waals surface area contributed by atoms with Gasteiger partial charge in [0, 0.05) is 18.1 Å². The van der Waals surface area contributed by atoms with Crippen LogP contribution in [-0.2, 0) is 10.0 Å². The van der Waals surface area contributed by atoms with Crippen LogP contribution in [0.15, 0.2) is 23.1 Å². The Kier molecular flexibility index (Phi) is 6.65. The predicted octanol–water partition coefficient (Wildman–Crippen LogP) is 3.30. The summed E-state index contributed by atoms with van der Waals surface area (Å²) in [5, 5.41) is 0.394. The van der Waals surface area contributed by atoms with Crippen LogP contribution in [0.2, 0.25) is 5.02 Å². The number of nitrogens with zero attached hydrogens (tertiary/aromatic N) is 1. The molecule has 25 heavy (non-hydrogen) atoms. The maximum atomic E-state index is 13.1. The van der Waals surface area contributed by atoms with Gasteiger partial charge in [0.05, 0.1) is 6.61 Å². The maximum absolute atomic E-state index is 13.1. The second-order valence-corrected chi connectivity index (χ2v) is 9.65. The normalized spacial score (nSPS) is 24.6. The van der Waals surface area contributed by atoms with Crippen molar-refractivity contribution in [2.24, 2.45) is 17.1 Å². The number of hydrogen-bond donors (Lipinski definition) is 1. The summed E-state index contributed by atoms with van der Waals surface area (Å²) in [4.78, 5) is 0.163. The van der Waals surface area contributed by atoms with Gasteiger partial charge in [-0.3, -0.25) is 0 Å². The second kappa shape index (κ2) is 8.01. The van der Waals surface area contributed by atoms with Crippen LogP contribution in [0.5, 0.6) is 5.75 Å². The summed E-state index contributed by atoms with van der Waals surface area (Å²) >= 11 is 6.06. The lowest BCUT2D eigenvalue weighted by Crippen LogP contribution is -2.34. The number of halogens is 2. The van der Waals surface area contributed by atoms with Gasteiger partial charge < -0.3 is 10.5 Å². The van der Waals surface area contributed by atoms with E-state index in [4.69, 9.17) is 22.1 Å². The first-order valence-electron chi connectivity index (χ1n) is 8.47. The number of ether oxygens (including phenoxy) is 1. The molecule has 1 atom stereocenters. The fraction of sp³-hybridized carbons (Fsp3) is 0.647. The highest BCUT2D eigenvalue weighted by atomic mass is 35.5. The van der Waals surface area contributed by atoms with Crippen molar-refractivity contribution in [3.05, 3.63) is 23.2 Å². The Labute approximate surface area is 161 Å². The quantitative estimate of drug-likeness (QED) is 0.783. The summed E-state index contributed by atoms with van der Waals surface area (Å²) < 4.78 is 33.5. The van der Waals surface area contributed by atoms with Crippen LogP contribution < -0.4 is 10.5 Å². The Balaban J connectivity index is 0.00000225. The van der Waals surface area contributed by atoms with Gasteiger partial charge in [0.2, 0.25) is 10.0 Å². The van der Waals surface area contributed by atoms with E-state index in [-0.39, 0.29) is 22.7 Å². The number of nitrogens with two attached hydrogens (primary N) is 1. The van der Waals surface area contributed by atoms with E-state index in [9.17, 15) is 8.42 Å². The first-order chi connectivity index (χ1) is 11.3. The van der Waals surface area contributed by atoms with Crippen molar-refractivity contribution >= 4 is 34.0 Å². The molecule has 0 aromatic heterocycles. The van der Waals surface area contributed by atoms with Gasteiger partial charge in [-0.15, -0.1) is 12.4 Å². The van der Waals surface area contributed by atoms with E-state index < -0.39 is 10.0 Å². The van der Waals surface area contributed by atoms with E-state index in [0.717, 1.165) is 19.3 Å². The second-order valence-electron chi connectivity index (χ2n) is 7.30. The van der Waals surface area contributed by atoms with E-state index >= 15 is 0 Å². The van der Waals surface area contributed by atoms with Crippen molar-refractivity contribution in [3.63, 3.8) is 0 Å². The highest BCUT2D eigenvalue weighted by Gasteiger charge is 2.40. The molecule has 2 fully saturated rings. The minimum atomic E-state index is -3.64. The number of sulfonamides is 1. The molecule has 5 nitrogen and oxygen atoms in total. The van der Waals surface area contributed by atoms with Gasteiger partial charge in [0.15, 0.2) is 0 Å². The van der Waals surface area contributed by atoms with Gasteiger partial charge in [-0.25, -0.2) is 8.42 Å². The summed E-state index contributed by atoms with van der Waals surface area (Å²) in [7, 11) is -3.64. The van der Waals surface area contributed by atoms with Crippen LogP contribution in [-0.4, -0.2) is 39.0 Å². The molecule has 1 heterocycles. The summed E-state index contributed by atoms with van der Waals surface area (Å²) in [6.07, 6.45) is 4.29. The standard InChI is InChI=1S/C17H25ClN2O3S.ClH/c1-17(11-19)7-8-20(12-17)24(21,22)16-9-14(18)5-6-15(16)23-10-13-3-2-4-13;/h5-6,9,13H,2-4,7-8,10-12,19H2,1H3;1H. The Morgan fingerprint density at radius 3 is 2.68 bits per heavy atom. The van der Waals surface area contributed by atoms with Crippen molar-refractivity contribution in [3.8, 4) is 5.75 Å². The van der Waals surface area contributed by atoms with E-state index in [0.29, 0.717) is 42.9 Å². The minimum absolute atomic E-state index is 0. The molecule has 2 aliphatic rings. The van der Waals surface area contributed by atoms with Crippen LogP contribution >= 0.6 is 24.0 Å². The molecule has 1 aliphatic carbocycles. The highest BCUT2D eigenvalue weighted by Crippen LogP contribution is 2.37. The fourth-order valence-electron chi connectivity index (χ4n) is 3.16. The van der Waals surface area contributed by atoms with Crippen LogP contribution in [0.3, 0.4) is 0 Å². The third-order valence-corrected chi connectivity index (χ3v) is 7.34. The van der Waals surface area contributed by atoms with Crippen LogP contribution in [0.4, 0.5) is 0 Å². The molecule has 1 unspecified atom stereocenters. The van der Waals surface area contributed by atoms with Crippen molar-refractivity contribution in [1.29, 1.82) is 0 Å².